The third-order valence-electron chi connectivity index (χ3n) is 3.97. The number of carbonyl (C=O) groups is 1. The molecule has 118 valence electrons. The van der Waals surface area contributed by atoms with Crippen molar-refractivity contribution in [2.24, 2.45) is 0 Å². The summed E-state index contributed by atoms with van der Waals surface area (Å²) >= 11 is 0. The van der Waals surface area contributed by atoms with Gasteiger partial charge in [-0.1, -0.05) is 12.1 Å². The molecule has 3 rings (SSSR count). The predicted molar refractivity (Wildman–Crippen MR) is 84.6 cm³/mol. The van der Waals surface area contributed by atoms with Crippen LogP contribution < -0.4 is 5.56 Å². The zero-order chi connectivity index (χ0) is 16.7. The van der Waals surface area contributed by atoms with Crippen LogP contribution in [0, 0.1) is 20.8 Å². The van der Waals surface area contributed by atoms with Gasteiger partial charge in [0.05, 0.1) is 6.42 Å². The van der Waals surface area contributed by atoms with Gasteiger partial charge < -0.3 is 5.11 Å². The zero-order valence-corrected chi connectivity index (χ0v) is 13.0. The summed E-state index contributed by atoms with van der Waals surface area (Å²) in [5, 5.41) is 19.9. The van der Waals surface area contributed by atoms with Gasteiger partial charge >= 0.3 is 5.97 Å². The highest BCUT2D eigenvalue weighted by Crippen LogP contribution is 2.18. The molecule has 3 aromatic rings. The van der Waals surface area contributed by atoms with Crippen LogP contribution in [0.4, 0.5) is 0 Å². The number of nitrogens with zero attached hydrogens (tertiary/aromatic N) is 3. The third kappa shape index (κ3) is 2.50. The van der Waals surface area contributed by atoms with Crippen LogP contribution in [-0.2, 0) is 11.2 Å². The molecule has 2 aromatic heterocycles. The number of hydrogen-bond acceptors (Lipinski definition) is 4. The fourth-order valence-corrected chi connectivity index (χ4v) is 2.52. The number of H-pyrrole nitrogens is 1. The van der Waals surface area contributed by atoms with E-state index in [0.717, 1.165) is 11.1 Å². The van der Waals surface area contributed by atoms with Crippen LogP contribution in [0.5, 0.6) is 0 Å². The number of aromatic nitrogens is 4. The Balaban J connectivity index is 2.22. The summed E-state index contributed by atoms with van der Waals surface area (Å²) in [4.78, 5) is 23.6. The van der Waals surface area contributed by atoms with Crippen LogP contribution in [0.25, 0.3) is 16.9 Å². The van der Waals surface area contributed by atoms with Crippen molar-refractivity contribution in [3.8, 4) is 11.3 Å². The highest BCUT2D eigenvalue weighted by Gasteiger charge is 2.17. The smallest absolute Gasteiger partial charge is 0.308 e. The van der Waals surface area contributed by atoms with Crippen molar-refractivity contribution in [2.75, 3.05) is 0 Å². The van der Waals surface area contributed by atoms with Gasteiger partial charge in [0.15, 0.2) is 11.3 Å². The molecule has 1 aromatic carbocycles. The van der Waals surface area contributed by atoms with Crippen molar-refractivity contribution >= 4 is 11.6 Å². The molecular weight excluding hydrogens is 296 g/mol. The molecule has 7 nitrogen and oxygen atoms in total. The second kappa shape index (κ2) is 5.35. The van der Waals surface area contributed by atoms with E-state index in [-0.39, 0.29) is 23.3 Å². The first-order valence-corrected chi connectivity index (χ1v) is 7.15. The lowest BCUT2D eigenvalue weighted by Crippen LogP contribution is -2.19. The lowest BCUT2D eigenvalue weighted by Gasteiger charge is -2.04. The second-order valence-corrected chi connectivity index (χ2v) is 5.60. The number of aromatic amines is 1. The van der Waals surface area contributed by atoms with E-state index in [1.807, 2.05) is 32.0 Å². The Morgan fingerprint density at radius 3 is 2.61 bits per heavy atom. The van der Waals surface area contributed by atoms with Crippen molar-refractivity contribution in [3.05, 3.63) is 50.9 Å². The number of carboxylic acids is 1. The maximum atomic E-state index is 12.7. The molecule has 0 amide bonds. The molecule has 0 radical (unpaired) electrons. The first kappa shape index (κ1) is 15.0. The van der Waals surface area contributed by atoms with Gasteiger partial charge in [-0.25, -0.2) is 0 Å². The van der Waals surface area contributed by atoms with Crippen molar-refractivity contribution in [1.82, 2.24) is 19.8 Å². The first-order chi connectivity index (χ1) is 10.9. The van der Waals surface area contributed by atoms with Gasteiger partial charge in [-0.3, -0.25) is 14.7 Å². The van der Waals surface area contributed by atoms with E-state index in [1.54, 1.807) is 6.92 Å². The number of aryl methyl sites for hydroxylation is 3. The Labute approximate surface area is 131 Å². The Kier molecular flexibility index (Phi) is 3.48. The fraction of sp³-hybridized carbons (Fsp3) is 0.250. The maximum Gasteiger partial charge on any atom is 0.308 e. The van der Waals surface area contributed by atoms with Crippen LogP contribution in [0.2, 0.25) is 0 Å². The molecule has 0 atom stereocenters. The van der Waals surface area contributed by atoms with E-state index in [4.69, 9.17) is 5.11 Å². The standard InChI is InChI=1S/C16H16N4O3/c1-8-4-5-11(6-9(8)2)14-16(23)20-15(18-17-14)12(7-13(21)22)10(3)19-20/h4-6,19H,7H2,1-3H3,(H,21,22). The molecule has 0 bridgehead atoms. The number of benzene rings is 1. The summed E-state index contributed by atoms with van der Waals surface area (Å²) in [7, 11) is 0. The minimum Gasteiger partial charge on any atom is -0.481 e. The summed E-state index contributed by atoms with van der Waals surface area (Å²) in [6.07, 6.45) is -0.212. The van der Waals surface area contributed by atoms with Gasteiger partial charge in [0.25, 0.3) is 5.56 Å². The van der Waals surface area contributed by atoms with Gasteiger partial charge in [-0.05, 0) is 38.0 Å². The Bertz CT molecular complexity index is 985. The number of carboxylic acid groups (broad SMARTS) is 1. The lowest BCUT2D eigenvalue weighted by atomic mass is 10.0. The van der Waals surface area contributed by atoms with E-state index in [0.29, 0.717) is 16.8 Å². The SMILES string of the molecule is Cc1ccc(-c2nnc3c(CC(=O)O)c(C)[nH]n3c2=O)cc1C. The molecule has 0 saturated carbocycles. The molecule has 0 fully saturated rings. The maximum absolute atomic E-state index is 12.7. The van der Waals surface area contributed by atoms with E-state index in [9.17, 15) is 9.59 Å². The lowest BCUT2D eigenvalue weighted by molar-refractivity contribution is -0.136. The fourth-order valence-electron chi connectivity index (χ4n) is 2.52. The van der Waals surface area contributed by atoms with Gasteiger partial charge in [-0.15, -0.1) is 10.2 Å². The summed E-state index contributed by atoms with van der Waals surface area (Å²) in [5.74, 6) is -0.984. The van der Waals surface area contributed by atoms with E-state index in [1.165, 1.54) is 4.52 Å². The zero-order valence-electron chi connectivity index (χ0n) is 13.0. The molecule has 0 aliphatic carbocycles. The molecule has 23 heavy (non-hydrogen) atoms. The monoisotopic (exact) mass is 312 g/mol. The average molecular weight is 312 g/mol. The minimum atomic E-state index is -0.984. The van der Waals surface area contributed by atoms with Crippen molar-refractivity contribution in [2.45, 2.75) is 27.2 Å². The first-order valence-electron chi connectivity index (χ1n) is 7.15. The van der Waals surface area contributed by atoms with Gasteiger partial charge in [-0.2, -0.15) is 4.52 Å². The molecule has 2 N–H and O–H groups in total. The van der Waals surface area contributed by atoms with Gasteiger partial charge in [0.2, 0.25) is 0 Å². The molecule has 2 heterocycles. The summed E-state index contributed by atoms with van der Waals surface area (Å²) in [6, 6.07) is 5.64. The summed E-state index contributed by atoms with van der Waals surface area (Å²) in [6.45, 7) is 5.67. The number of nitrogens with one attached hydrogen (secondary N) is 1. The van der Waals surface area contributed by atoms with Crippen molar-refractivity contribution in [1.29, 1.82) is 0 Å². The summed E-state index contributed by atoms with van der Waals surface area (Å²) < 4.78 is 1.26. The van der Waals surface area contributed by atoms with Crippen LogP contribution in [-0.4, -0.2) is 30.9 Å². The third-order valence-corrected chi connectivity index (χ3v) is 3.97. The predicted octanol–water partition coefficient (Wildman–Crippen LogP) is 1.64. The number of hydrogen-bond donors (Lipinski definition) is 2. The minimum absolute atomic E-state index is 0.212. The van der Waals surface area contributed by atoms with Crippen LogP contribution in [0.1, 0.15) is 22.4 Å². The molecule has 7 heteroatoms. The number of rotatable bonds is 3. The quantitative estimate of drug-likeness (QED) is 0.765. The average Bonchev–Trinajstić information content (AvgIpc) is 2.80. The van der Waals surface area contributed by atoms with Gasteiger partial charge in [0.1, 0.15) is 0 Å². The van der Waals surface area contributed by atoms with Crippen LogP contribution in [0.15, 0.2) is 23.0 Å². The van der Waals surface area contributed by atoms with Gasteiger partial charge in [0, 0.05) is 16.8 Å². The van der Waals surface area contributed by atoms with Crippen molar-refractivity contribution in [3.63, 3.8) is 0 Å². The number of aliphatic carboxylic acids is 1. The highest BCUT2D eigenvalue weighted by atomic mass is 16.4. The molecule has 0 saturated heterocycles. The van der Waals surface area contributed by atoms with Crippen LogP contribution >= 0.6 is 0 Å². The van der Waals surface area contributed by atoms with E-state index >= 15 is 0 Å². The number of fused-ring (bicyclic) bond motifs is 1. The molecular formula is C16H16N4O3. The second-order valence-electron chi connectivity index (χ2n) is 5.60. The summed E-state index contributed by atoms with van der Waals surface area (Å²) in [5.41, 5.74) is 4.07. The normalized spacial score (nSPS) is 11.1. The molecule has 0 aliphatic rings. The molecule has 0 unspecified atom stereocenters. The Morgan fingerprint density at radius 1 is 1.22 bits per heavy atom. The Morgan fingerprint density at radius 2 is 1.96 bits per heavy atom. The Hall–Kier alpha value is -2.96. The topological polar surface area (TPSA) is 100 Å². The highest BCUT2D eigenvalue weighted by molar-refractivity contribution is 5.74. The van der Waals surface area contributed by atoms with E-state index < -0.39 is 5.97 Å². The molecule has 0 aliphatic heterocycles. The van der Waals surface area contributed by atoms with Crippen molar-refractivity contribution < 1.29 is 9.90 Å². The largest absolute Gasteiger partial charge is 0.481 e. The molecule has 0 spiro atoms. The van der Waals surface area contributed by atoms with E-state index in [2.05, 4.69) is 15.3 Å². The van der Waals surface area contributed by atoms with Crippen LogP contribution in [0.3, 0.4) is 0 Å².